The Bertz CT molecular complexity index is 814. The van der Waals surface area contributed by atoms with Crippen molar-refractivity contribution in [2.24, 2.45) is 0 Å². The molecule has 0 aromatic heterocycles. The summed E-state index contributed by atoms with van der Waals surface area (Å²) < 4.78 is 0.727. The van der Waals surface area contributed by atoms with Crippen LogP contribution in [-0.4, -0.2) is 16.9 Å². The van der Waals surface area contributed by atoms with E-state index in [4.69, 9.17) is 11.6 Å². The summed E-state index contributed by atoms with van der Waals surface area (Å²) in [5.74, 6) is -1.87. The van der Waals surface area contributed by atoms with Crippen LogP contribution in [0.3, 0.4) is 0 Å². The maximum atomic E-state index is 12.6. The number of aliphatic hydroxyl groups excluding tert-OH is 1. The van der Waals surface area contributed by atoms with Crippen LogP contribution in [0.4, 0.5) is 5.69 Å². The number of hydrogen-bond acceptors (Lipinski definition) is 3. The summed E-state index contributed by atoms with van der Waals surface area (Å²) in [7, 11) is 0. The molecular weight excluding hydrogens is 370 g/mol. The number of hydrogen-bond donors (Lipinski definition) is 1. The molecule has 1 aliphatic rings. The van der Waals surface area contributed by atoms with Gasteiger partial charge in [0.15, 0.2) is 5.76 Å². The van der Waals surface area contributed by atoms with Crippen LogP contribution in [0.25, 0.3) is 5.57 Å². The van der Waals surface area contributed by atoms with E-state index in [1.54, 1.807) is 48.5 Å². The lowest BCUT2D eigenvalue weighted by atomic mass is 10.1. The Labute approximate surface area is 139 Å². The number of benzene rings is 2. The molecule has 110 valence electrons. The molecule has 0 aliphatic carbocycles. The minimum absolute atomic E-state index is 0.0263. The number of carbonyl (C=O) groups is 2. The second-order valence-electron chi connectivity index (χ2n) is 4.66. The number of nitrogens with zero attached hydrogens (tertiary/aromatic N) is 1. The van der Waals surface area contributed by atoms with Crippen LogP contribution in [0, 0.1) is 0 Å². The summed E-state index contributed by atoms with van der Waals surface area (Å²) in [5.41, 5.74) is 0.805. The largest absolute Gasteiger partial charge is 0.502 e. The molecule has 0 radical (unpaired) electrons. The molecule has 0 saturated heterocycles. The molecule has 0 atom stereocenters. The normalized spacial score (nSPS) is 14.9. The Morgan fingerprint density at radius 3 is 2.32 bits per heavy atom. The smallest absolute Gasteiger partial charge is 0.301 e. The van der Waals surface area contributed by atoms with Crippen LogP contribution in [0.2, 0.25) is 5.02 Å². The number of imide groups is 1. The van der Waals surface area contributed by atoms with Gasteiger partial charge in [-0.15, -0.1) is 0 Å². The van der Waals surface area contributed by atoms with E-state index in [1.807, 2.05) is 0 Å². The van der Waals surface area contributed by atoms with Crippen molar-refractivity contribution in [3.63, 3.8) is 0 Å². The van der Waals surface area contributed by atoms with Crippen LogP contribution in [0.5, 0.6) is 0 Å². The number of rotatable bonds is 2. The van der Waals surface area contributed by atoms with Gasteiger partial charge in [0.25, 0.3) is 5.91 Å². The molecule has 0 unspecified atom stereocenters. The maximum absolute atomic E-state index is 12.6. The van der Waals surface area contributed by atoms with Gasteiger partial charge >= 0.3 is 5.91 Å². The summed E-state index contributed by atoms with van der Waals surface area (Å²) in [4.78, 5) is 25.7. The van der Waals surface area contributed by atoms with Crippen molar-refractivity contribution in [2.45, 2.75) is 0 Å². The number of aliphatic hydroxyl groups is 1. The fraction of sp³-hybridized carbons (Fsp3) is 0. The summed E-state index contributed by atoms with van der Waals surface area (Å²) in [5, 5.41) is 10.6. The molecule has 22 heavy (non-hydrogen) atoms. The lowest BCUT2D eigenvalue weighted by Gasteiger charge is -2.14. The average molecular weight is 379 g/mol. The summed E-state index contributed by atoms with van der Waals surface area (Å²) >= 11 is 9.11. The lowest BCUT2D eigenvalue weighted by Crippen LogP contribution is -2.31. The Kier molecular flexibility index (Phi) is 3.76. The van der Waals surface area contributed by atoms with Crippen molar-refractivity contribution in [2.75, 3.05) is 4.90 Å². The zero-order valence-electron chi connectivity index (χ0n) is 11.1. The zero-order valence-corrected chi connectivity index (χ0v) is 13.4. The minimum Gasteiger partial charge on any atom is -0.502 e. The van der Waals surface area contributed by atoms with E-state index in [0.717, 1.165) is 9.37 Å². The molecule has 2 aromatic carbocycles. The monoisotopic (exact) mass is 377 g/mol. The first-order chi connectivity index (χ1) is 10.5. The molecule has 1 heterocycles. The molecule has 2 amide bonds. The second-order valence-corrected chi connectivity index (χ2v) is 6.01. The first-order valence-corrected chi connectivity index (χ1v) is 7.49. The first kappa shape index (κ1) is 14.8. The molecule has 2 aromatic rings. The Morgan fingerprint density at radius 1 is 1.00 bits per heavy atom. The fourth-order valence-electron chi connectivity index (χ4n) is 2.24. The van der Waals surface area contributed by atoms with E-state index >= 15 is 0 Å². The van der Waals surface area contributed by atoms with E-state index in [9.17, 15) is 14.7 Å². The van der Waals surface area contributed by atoms with Crippen molar-refractivity contribution < 1.29 is 14.7 Å². The van der Waals surface area contributed by atoms with Gasteiger partial charge in [0.1, 0.15) is 0 Å². The number of anilines is 1. The van der Waals surface area contributed by atoms with Gasteiger partial charge in [0.05, 0.1) is 11.3 Å². The van der Waals surface area contributed by atoms with Gasteiger partial charge in [-0.05, 0) is 35.9 Å². The van der Waals surface area contributed by atoms with Crippen molar-refractivity contribution in [1.82, 2.24) is 0 Å². The maximum Gasteiger partial charge on any atom is 0.301 e. The third-order valence-corrected chi connectivity index (χ3v) is 4.00. The van der Waals surface area contributed by atoms with Crippen LogP contribution < -0.4 is 4.90 Å². The molecule has 0 spiro atoms. The van der Waals surface area contributed by atoms with Crippen LogP contribution in [0.15, 0.2) is 58.8 Å². The third-order valence-electron chi connectivity index (χ3n) is 3.26. The third kappa shape index (κ3) is 2.42. The molecule has 1 N–H and O–H groups in total. The molecule has 3 rings (SSSR count). The van der Waals surface area contributed by atoms with Crippen LogP contribution in [-0.2, 0) is 9.59 Å². The summed E-state index contributed by atoms with van der Waals surface area (Å²) in [6.07, 6.45) is 0. The summed E-state index contributed by atoms with van der Waals surface area (Å²) in [6.45, 7) is 0. The quantitative estimate of drug-likeness (QED) is 0.805. The topological polar surface area (TPSA) is 57.6 Å². The molecule has 1 aliphatic heterocycles. The second kappa shape index (κ2) is 5.59. The van der Waals surface area contributed by atoms with Crippen LogP contribution >= 0.6 is 27.5 Å². The van der Waals surface area contributed by atoms with Gasteiger partial charge in [0, 0.05) is 9.50 Å². The predicted octanol–water partition coefficient (Wildman–Crippen LogP) is 3.95. The van der Waals surface area contributed by atoms with E-state index in [0.29, 0.717) is 16.3 Å². The highest BCUT2D eigenvalue weighted by molar-refractivity contribution is 9.10. The Balaban J connectivity index is 2.05. The summed E-state index contributed by atoms with van der Waals surface area (Å²) in [6, 6.07) is 13.1. The van der Waals surface area contributed by atoms with Gasteiger partial charge in [-0.25, -0.2) is 4.90 Å². The Morgan fingerprint density at radius 2 is 1.68 bits per heavy atom. The molecular formula is C16H9BrClNO3. The Hall–Kier alpha value is -2.11. The predicted molar refractivity (Wildman–Crippen MR) is 87.6 cm³/mol. The van der Waals surface area contributed by atoms with E-state index in [-0.39, 0.29) is 5.57 Å². The number of amides is 2. The standard InChI is InChI=1S/C16H9BrClNO3/c17-10-2-1-3-12(8-10)19-15(21)13(14(20)16(19)22)9-4-6-11(18)7-5-9/h1-8,20H. The highest BCUT2D eigenvalue weighted by Gasteiger charge is 2.40. The van der Waals surface area contributed by atoms with Crippen molar-refractivity contribution in [3.8, 4) is 0 Å². The van der Waals surface area contributed by atoms with Crippen LogP contribution in [0.1, 0.15) is 5.56 Å². The molecule has 6 heteroatoms. The van der Waals surface area contributed by atoms with E-state index < -0.39 is 17.6 Å². The van der Waals surface area contributed by atoms with Gasteiger partial charge in [0.2, 0.25) is 0 Å². The van der Waals surface area contributed by atoms with Gasteiger partial charge < -0.3 is 5.11 Å². The fourth-order valence-corrected chi connectivity index (χ4v) is 2.76. The van der Waals surface area contributed by atoms with Gasteiger partial charge in [-0.3, -0.25) is 9.59 Å². The molecule has 0 saturated carbocycles. The number of carbonyl (C=O) groups excluding carboxylic acids is 2. The molecule has 4 nitrogen and oxygen atoms in total. The van der Waals surface area contributed by atoms with Gasteiger partial charge in [-0.2, -0.15) is 0 Å². The SMILES string of the molecule is O=C1C(O)=C(c2ccc(Cl)cc2)C(=O)N1c1cccc(Br)c1. The van der Waals surface area contributed by atoms with Crippen molar-refractivity contribution in [1.29, 1.82) is 0 Å². The average Bonchev–Trinajstić information content (AvgIpc) is 2.71. The molecule has 0 fully saturated rings. The number of halogens is 2. The zero-order chi connectivity index (χ0) is 15.9. The first-order valence-electron chi connectivity index (χ1n) is 6.32. The van der Waals surface area contributed by atoms with E-state index in [2.05, 4.69) is 15.9 Å². The molecule has 0 bridgehead atoms. The lowest BCUT2D eigenvalue weighted by molar-refractivity contribution is -0.121. The highest BCUT2D eigenvalue weighted by Crippen LogP contribution is 2.33. The highest BCUT2D eigenvalue weighted by atomic mass is 79.9. The van der Waals surface area contributed by atoms with Gasteiger partial charge in [-0.1, -0.05) is 45.7 Å². The van der Waals surface area contributed by atoms with E-state index in [1.165, 1.54) is 0 Å². The van der Waals surface area contributed by atoms with Crippen molar-refractivity contribution in [3.05, 3.63) is 69.3 Å². The van der Waals surface area contributed by atoms with Crippen molar-refractivity contribution >= 4 is 50.6 Å². The minimum atomic E-state index is -0.743.